The highest BCUT2D eigenvalue weighted by atomic mass is 19.1. The van der Waals surface area contributed by atoms with Crippen molar-refractivity contribution in [2.75, 3.05) is 0 Å². The van der Waals surface area contributed by atoms with Crippen molar-refractivity contribution >= 4 is 21.8 Å². The molecule has 0 bridgehead atoms. The smallest absolute Gasteiger partial charge is 0.124 e. The number of aromatic nitrogens is 6. The van der Waals surface area contributed by atoms with Gasteiger partial charge in [-0.15, -0.1) is 0 Å². The highest BCUT2D eigenvalue weighted by molar-refractivity contribution is 6.01. The van der Waals surface area contributed by atoms with Crippen LogP contribution in [0, 0.1) is 12.7 Å². The van der Waals surface area contributed by atoms with E-state index in [1.807, 2.05) is 50.5 Å². The zero-order valence-corrected chi connectivity index (χ0v) is 17.5. The summed E-state index contributed by atoms with van der Waals surface area (Å²) in [5, 5.41) is 13.9. The molecule has 0 aliphatic heterocycles. The van der Waals surface area contributed by atoms with E-state index in [2.05, 4.69) is 31.3 Å². The molecule has 32 heavy (non-hydrogen) atoms. The monoisotopic (exact) mass is 422 g/mol. The van der Waals surface area contributed by atoms with Crippen molar-refractivity contribution < 1.29 is 4.39 Å². The van der Waals surface area contributed by atoms with Gasteiger partial charge < -0.3 is 4.98 Å². The largest absolute Gasteiger partial charge is 0.353 e. The molecule has 6 rings (SSSR count). The lowest BCUT2D eigenvalue weighted by atomic mass is 9.99. The van der Waals surface area contributed by atoms with Gasteiger partial charge in [0.25, 0.3) is 0 Å². The fourth-order valence-corrected chi connectivity index (χ4v) is 4.26. The summed E-state index contributed by atoms with van der Waals surface area (Å²) in [7, 11) is 1.88. The van der Waals surface area contributed by atoms with Crippen molar-refractivity contribution in [3.63, 3.8) is 0 Å². The number of aromatic amines is 2. The third-order valence-corrected chi connectivity index (χ3v) is 5.72. The number of nitrogens with zero attached hydrogens (tertiary/aromatic N) is 4. The fraction of sp³-hybridized carbons (Fsp3) is 0.0800. The van der Waals surface area contributed by atoms with Crippen LogP contribution in [0.2, 0.25) is 0 Å². The van der Waals surface area contributed by atoms with Crippen LogP contribution in [0.15, 0.2) is 67.1 Å². The van der Waals surface area contributed by atoms with Gasteiger partial charge in [0.1, 0.15) is 11.5 Å². The summed E-state index contributed by atoms with van der Waals surface area (Å²) in [6.07, 6.45) is 5.52. The second kappa shape index (κ2) is 6.88. The van der Waals surface area contributed by atoms with Gasteiger partial charge in [-0.05, 0) is 53.9 Å². The molecule has 0 amide bonds. The Hall–Kier alpha value is -4.26. The minimum atomic E-state index is -0.235. The second-order valence-corrected chi connectivity index (χ2v) is 8.06. The van der Waals surface area contributed by atoms with Crippen LogP contribution < -0.4 is 0 Å². The molecule has 0 saturated heterocycles. The molecule has 0 fully saturated rings. The van der Waals surface area contributed by atoms with Gasteiger partial charge in [-0.2, -0.15) is 10.2 Å². The quantitative estimate of drug-likeness (QED) is 0.389. The molecule has 6 aromatic rings. The van der Waals surface area contributed by atoms with E-state index in [1.165, 1.54) is 6.07 Å². The molecule has 0 saturated carbocycles. The first-order valence-electron chi connectivity index (χ1n) is 10.3. The average Bonchev–Trinajstić information content (AvgIpc) is 3.49. The molecule has 0 atom stereocenters. The second-order valence-electron chi connectivity index (χ2n) is 8.06. The van der Waals surface area contributed by atoms with Gasteiger partial charge in [0.15, 0.2) is 0 Å². The molecule has 4 aromatic heterocycles. The highest BCUT2D eigenvalue weighted by Gasteiger charge is 2.15. The van der Waals surface area contributed by atoms with Gasteiger partial charge in [0.2, 0.25) is 0 Å². The van der Waals surface area contributed by atoms with E-state index in [-0.39, 0.29) is 5.82 Å². The molecule has 2 N–H and O–H groups in total. The summed E-state index contributed by atoms with van der Waals surface area (Å²) in [6.45, 7) is 1.90. The third kappa shape index (κ3) is 2.98. The molecule has 2 aromatic carbocycles. The maximum atomic E-state index is 14.1. The Morgan fingerprint density at radius 1 is 0.938 bits per heavy atom. The molecule has 7 heteroatoms. The molecule has 0 unspecified atom stereocenters. The number of hydrogen-bond acceptors (Lipinski definition) is 3. The molecule has 0 aliphatic rings. The van der Waals surface area contributed by atoms with Crippen molar-refractivity contribution in [1.82, 2.24) is 29.9 Å². The van der Waals surface area contributed by atoms with Crippen molar-refractivity contribution in [3.05, 3.63) is 78.5 Å². The molecular weight excluding hydrogens is 403 g/mol. The maximum absolute atomic E-state index is 14.1. The standard InChI is InChI=1S/C25H19FN6/c1-14-6-15(8-17(26)7-14)18-4-3-5-21-19(18)9-23(29-21)25-20-10-22(16-11-28-32(2)13-16)27-12-24(20)30-31-25/h3-13,29H,1-2H3,(H,30,31). The molecule has 0 radical (unpaired) electrons. The predicted octanol–water partition coefficient (Wildman–Crippen LogP) is 5.62. The van der Waals surface area contributed by atoms with Crippen LogP contribution in [0.4, 0.5) is 4.39 Å². The van der Waals surface area contributed by atoms with Gasteiger partial charge in [0.05, 0.1) is 29.3 Å². The summed E-state index contributed by atoms with van der Waals surface area (Å²) < 4.78 is 15.8. The average molecular weight is 422 g/mol. The number of hydrogen-bond donors (Lipinski definition) is 2. The van der Waals surface area contributed by atoms with Gasteiger partial charge in [-0.1, -0.05) is 18.2 Å². The summed E-state index contributed by atoms with van der Waals surface area (Å²) in [5.41, 5.74) is 8.02. The molecule has 0 spiro atoms. The first-order chi connectivity index (χ1) is 15.5. The summed E-state index contributed by atoms with van der Waals surface area (Å²) >= 11 is 0. The van der Waals surface area contributed by atoms with Crippen LogP contribution in [0.25, 0.3) is 55.6 Å². The molecule has 4 heterocycles. The van der Waals surface area contributed by atoms with Crippen LogP contribution in [0.5, 0.6) is 0 Å². The summed E-state index contributed by atoms with van der Waals surface area (Å²) in [4.78, 5) is 8.02. The lowest BCUT2D eigenvalue weighted by Gasteiger charge is -2.05. The summed E-state index contributed by atoms with van der Waals surface area (Å²) in [6, 6.07) is 15.2. The van der Waals surface area contributed by atoms with E-state index in [1.54, 1.807) is 23.1 Å². The Morgan fingerprint density at radius 2 is 1.84 bits per heavy atom. The van der Waals surface area contributed by atoms with Gasteiger partial charge >= 0.3 is 0 Å². The minimum absolute atomic E-state index is 0.235. The number of H-pyrrole nitrogens is 2. The normalized spacial score (nSPS) is 11.6. The number of benzene rings is 2. The highest BCUT2D eigenvalue weighted by Crippen LogP contribution is 2.35. The number of nitrogens with one attached hydrogen (secondary N) is 2. The topological polar surface area (TPSA) is 75.2 Å². The van der Waals surface area contributed by atoms with Gasteiger partial charge in [-0.3, -0.25) is 14.8 Å². The molecule has 0 aliphatic carbocycles. The molecule has 156 valence electrons. The van der Waals surface area contributed by atoms with Crippen LogP contribution >= 0.6 is 0 Å². The molecule has 6 nitrogen and oxygen atoms in total. The molecular formula is C25H19FN6. The Morgan fingerprint density at radius 3 is 2.66 bits per heavy atom. The number of halogens is 1. The van der Waals surface area contributed by atoms with E-state index >= 15 is 0 Å². The number of aryl methyl sites for hydroxylation is 2. The van der Waals surface area contributed by atoms with E-state index in [9.17, 15) is 4.39 Å². The number of pyridine rings is 1. The van der Waals surface area contributed by atoms with E-state index in [0.717, 1.165) is 61.1 Å². The minimum Gasteiger partial charge on any atom is -0.353 e. The van der Waals surface area contributed by atoms with E-state index < -0.39 is 0 Å². The van der Waals surface area contributed by atoms with Crippen molar-refractivity contribution in [2.45, 2.75) is 6.92 Å². The lowest BCUT2D eigenvalue weighted by molar-refractivity contribution is 0.627. The predicted molar refractivity (Wildman–Crippen MR) is 124 cm³/mol. The third-order valence-electron chi connectivity index (χ3n) is 5.72. The Kier molecular flexibility index (Phi) is 3.98. The zero-order valence-electron chi connectivity index (χ0n) is 17.5. The van der Waals surface area contributed by atoms with E-state index in [4.69, 9.17) is 0 Å². The van der Waals surface area contributed by atoms with Gasteiger partial charge in [0, 0.05) is 35.1 Å². The maximum Gasteiger partial charge on any atom is 0.124 e. The Balaban J connectivity index is 1.51. The zero-order chi connectivity index (χ0) is 21.8. The van der Waals surface area contributed by atoms with Crippen LogP contribution in [-0.2, 0) is 7.05 Å². The summed E-state index contributed by atoms with van der Waals surface area (Å²) in [5.74, 6) is -0.235. The van der Waals surface area contributed by atoms with E-state index in [0.29, 0.717) is 0 Å². The van der Waals surface area contributed by atoms with Crippen LogP contribution in [0.1, 0.15) is 5.56 Å². The first kappa shape index (κ1) is 18.5. The van der Waals surface area contributed by atoms with Gasteiger partial charge in [-0.25, -0.2) is 4.39 Å². The SMILES string of the molecule is Cc1cc(F)cc(-c2cccc3[nH]c(-c4n[nH]c5cnc(-c6cnn(C)c6)cc45)cc23)c1. The fourth-order valence-electron chi connectivity index (χ4n) is 4.26. The van der Waals surface area contributed by atoms with Crippen molar-refractivity contribution in [3.8, 4) is 33.8 Å². The Bertz CT molecular complexity index is 1600. The number of rotatable bonds is 3. The first-order valence-corrected chi connectivity index (χ1v) is 10.3. The van der Waals surface area contributed by atoms with Crippen LogP contribution in [0.3, 0.4) is 0 Å². The van der Waals surface area contributed by atoms with Crippen LogP contribution in [-0.4, -0.2) is 29.9 Å². The number of fused-ring (bicyclic) bond motifs is 2. The Labute approximate surface area is 182 Å². The van der Waals surface area contributed by atoms with Crippen molar-refractivity contribution in [1.29, 1.82) is 0 Å². The van der Waals surface area contributed by atoms with Crippen molar-refractivity contribution in [2.24, 2.45) is 7.05 Å². The lowest BCUT2D eigenvalue weighted by Crippen LogP contribution is -1.85.